The molecule has 0 spiro atoms. The first-order chi connectivity index (χ1) is 15.0. The Balaban J connectivity index is 1.62. The summed E-state index contributed by atoms with van der Waals surface area (Å²) in [6.45, 7) is 5.70. The average Bonchev–Trinajstić information content (AvgIpc) is 3.38. The van der Waals surface area contributed by atoms with Gasteiger partial charge < -0.3 is 9.88 Å². The van der Waals surface area contributed by atoms with Crippen LogP contribution in [0.25, 0.3) is 22.6 Å². The number of hydrogen-bond donors (Lipinski definition) is 1. The fraction of sp³-hybridized carbons (Fsp3) is 0.304. The summed E-state index contributed by atoms with van der Waals surface area (Å²) in [5, 5.41) is 3.32. The van der Waals surface area contributed by atoms with E-state index in [4.69, 9.17) is 0 Å². The molecule has 1 aromatic carbocycles. The Bertz CT molecular complexity index is 1280. The highest BCUT2D eigenvalue weighted by Crippen LogP contribution is 2.28. The maximum absolute atomic E-state index is 15.1. The van der Waals surface area contributed by atoms with Crippen LogP contribution in [0.15, 0.2) is 36.7 Å². The third-order valence-electron chi connectivity index (χ3n) is 5.78. The molecular formula is C23H22F2N6. The Morgan fingerprint density at radius 3 is 2.71 bits per heavy atom. The van der Waals surface area contributed by atoms with Crippen molar-refractivity contribution in [1.82, 2.24) is 29.8 Å². The fourth-order valence-electron chi connectivity index (χ4n) is 4.23. The lowest BCUT2D eigenvalue weighted by Crippen LogP contribution is -2.09. The van der Waals surface area contributed by atoms with E-state index in [1.807, 2.05) is 23.6 Å². The summed E-state index contributed by atoms with van der Waals surface area (Å²) in [5.74, 6) is 0.686. The lowest BCUT2D eigenvalue weighted by molar-refractivity contribution is 0.595. The number of halogens is 2. The standard InChI is InChI=1S/C23H22F2N6/c1-13-21-23(29-14(2)28-13)31(22(30-21)18-7-19(24)11-27-10-18)12-17-4-3-15(8-20(17)25)16-5-6-26-9-16/h3-4,7-8,10-11,16,26H,5-6,9,12H2,1-2H3. The van der Waals surface area contributed by atoms with Crippen LogP contribution in [-0.4, -0.2) is 37.6 Å². The van der Waals surface area contributed by atoms with Crippen molar-refractivity contribution in [1.29, 1.82) is 0 Å². The summed E-state index contributed by atoms with van der Waals surface area (Å²) in [6, 6.07) is 6.81. The summed E-state index contributed by atoms with van der Waals surface area (Å²) in [5.41, 5.74) is 3.95. The topological polar surface area (TPSA) is 68.5 Å². The SMILES string of the molecule is Cc1nc(C)c2nc(-c3cncc(F)c3)n(Cc3ccc(C4CCNC4)cc3F)c2n1. The molecule has 1 N–H and O–H groups in total. The molecule has 4 heterocycles. The van der Waals surface area contributed by atoms with Gasteiger partial charge in [-0.1, -0.05) is 12.1 Å². The van der Waals surface area contributed by atoms with E-state index in [-0.39, 0.29) is 12.4 Å². The minimum Gasteiger partial charge on any atom is -0.316 e. The number of aromatic nitrogens is 5. The molecular weight excluding hydrogens is 398 g/mol. The van der Waals surface area contributed by atoms with Gasteiger partial charge in [0, 0.05) is 23.9 Å². The van der Waals surface area contributed by atoms with E-state index in [0.717, 1.165) is 37.0 Å². The second-order valence-electron chi connectivity index (χ2n) is 7.98. The van der Waals surface area contributed by atoms with Crippen molar-refractivity contribution in [3.05, 3.63) is 70.9 Å². The van der Waals surface area contributed by atoms with Crippen LogP contribution in [-0.2, 0) is 6.54 Å². The Labute approximate surface area is 178 Å². The smallest absolute Gasteiger partial charge is 0.164 e. The predicted octanol–water partition coefficient (Wildman–Crippen LogP) is 3.91. The van der Waals surface area contributed by atoms with Crippen LogP contribution < -0.4 is 5.32 Å². The van der Waals surface area contributed by atoms with Crippen molar-refractivity contribution in [2.75, 3.05) is 13.1 Å². The molecule has 6 nitrogen and oxygen atoms in total. The Hall–Kier alpha value is -3.26. The third-order valence-corrected chi connectivity index (χ3v) is 5.78. The van der Waals surface area contributed by atoms with Gasteiger partial charge in [0.05, 0.1) is 18.4 Å². The van der Waals surface area contributed by atoms with Gasteiger partial charge >= 0.3 is 0 Å². The summed E-state index contributed by atoms with van der Waals surface area (Å²) >= 11 is 0. The average molecular weight is 420 g/mol. The first-order valence-corrected chi connectivity index (χ1v) is 10.3. The Morgan fingerprint density at radius 2 is 1.97 bits per heavy atom. The van der Waals surface area contributed by atoms with Crippen molar-refractivity contribution in [2.45, 2.75) is 32.7 Å². The highest BCUT2D eigenvalue weighted by molar-refractivity contribution is 5.79. The quantitative estimate of drug-likeness (QED) is 0.542. The van der Waals surface area contributed by atoms with E-state index < -0.39 is 5.82 Å². The van der Waals surface area contributed by atoms with Crippen LogP contribution in [0.2, 0.25) is 0 Å². The molecule has 3 aromatic heterocycles. The first-order valence-electron chi connectivity index (χ1n) is 10.3. The van der Waals surface area contributed by atoms with Crippen molar-refractivity contribution in [2.24, 2.45) is 0 Å². The molecule has 0 aliphatic carbocycles. The number of hydrogen-bond acceptors (Lipinski definition) is 5. The highest BCUT2D eigenvalue weighted by Gasteiger charge is 2.21. The number of rotatable bonds is 4. The number of pyridine rings is 1. The normalized spacial score (nSPS) is 16.3. The minimum absolute atomic E-state index is 0.216. The second kappa shape index (κ2) is 7.77. The molecule has 1 unspecified atom stereocenters. The molecule has 0 saturated carbocycles. The molecule has 158 valence electrons. The van der Waals surface area contributed by atoms with Crippen molar-refractivity contribution >= 4 is 11.2 Å². The minimum atomic E-state index is -0.462. The van der Waals surface area contributed by atoms with Gasteiger partial charge in [0.15, 0.2) is 5.65 Å². The molecule has 8 heteroatoms. The number of imidazole rings is 1. The lowest BCUT2D eigenvalue weighted by atomic mass is 9.97. The maximum atomic E-state index is 15.1. The highest BCUT2D eigenvalue weighted by atomic mass is 19.1. The molecule has 1 aliphatic rings. The maximum Gasteiger partial charge on any atom is 0.164 e. The fourth-order valence-corrected chi connectivity index (χ4v) is 4.23. The number of nitrogens with zero attached hydrogens (tertiary/aromatic N) is 5. The molecule has 0 radical (unpaired) electrons. The zero-order valence-electron chi connectivity index (χ0n) is 17.4. The van der Waals surface area contributed by atoms with Crippen LogP contribution in [0.5, 0.6) is 0 Å². The van der Waals surface area contributed by atoms with Crippen LogP contribution in [0.1, 0.15) is 35.0 Å². The molecule has 1 saturated heterocycles. The number of fused-ring (bicyclic) bond motifs is 1. The van der Waals surface area contributed by atoms with Gasteiger partial charge in [-0.3, -0.25) is 4.98 Å². The summed E-state index contributed by atoms with van der Waals surface area (Å²) in [6.07, 6.45) is 3.70. The molecule has 0 bridgehead atoms. The number of aryl methyl sites for hydroxylation is 2. The molecule has 1 atom stereocenters. The summed E-state index contributed by atoms with van der Waals surface area (Å²) in [4.78, 5) is 17.6. The zero-order chi connectivity index (χ0) is 21.5. The van der Waals surface area contributed by atoms with E-state index in [2.05, 4.69) is 25.3 Å². The van der Waals surface area contributed by atoms with Gasteiger partial charge in [0.2, 0.25) is 0 Å². The van der Waals surface area contributed by atoms with E-state index in [1.165, 1.54) is 6.07 Å². The molecule has 1 fully saturated rings. The second-order valence-corrected chi connectivity index (χ2v) is 7.98. The lowest BCUT2D eigenvalue weighted by Gasteiger charge is -2.13. The van der Waals surface area contributed by atoms with E-state index in [0.29, 0.717) is 39.9 Å². The molecule has 5 rings (SSSR count). The first kappa shape index (κ1) is 19.7. The van der Waals surface area contributed by atoms with Crippen molar-refractivity contribution < 1.29 is 8.78 Å². The van der Waals surface area contributed by atoms with Crippen molar-refractivity contribution in [3.8, 4) is 11.4 Å². The summed E-state index contributed by atoms with van der Waals surface area (Å²) in [7, 11) is 0. The monoisotopic (exact) mass is 420 g/mol. The molecule has 1 aliphatic heterocycles. The van der Waals surface area contributed by atoms with Crippen LogP contribution in [0.3, 0.4) is 0 Å². The molecule has 0 amide bonds. The predicted molar refractivity (Wildman–Crippen MR) is 114 cm³/mol. The van der Waals surface area contributed by atoms with Crippen LogP contribution in [0, 0.1) is 25.5 Å². The van der Waals surface area contributed by atoms with E-state index in [1.54, 1.807) is 19.2 Å². The van der Waals surface area contributed by atoms with Crippen LogP contribution >= 0.6 is 0 Å². The third kappa shape index (κ3) is 3.67. The van der Waals surface area contributed by atoms with Crippen LogP contribution in [0.4, 0.5) is 8.78 Å². The number of benzene rings is 1. The van der Waals surface area contributed by atoms with Gasteiger partial charge in [-0.25, -0.2) is 23.7 Å². The van der Waals surface area contributed by atoms with Gasteiger partial charge in [-0.15, -0.1) is 0 Å². The van der Waals surface area contributed by atoms with Crippen molar-refractivity contribution in [3.63, 3.8) is 0 Å². The van der Waals surface area contributed by atoms with Gasteiger partial charge in [0.25, 0.3) is 0 Å². The van der Waals surface area contributed by atoms with Gasteiger partial charge in [0.1, 0.15) is 28.8 Å². The molecule has 31 heavy (non-hydrogen) atoms. The number of nitrogens with one attached hydrogen (secondary N) is 1. The Morgan fingerprint density at radius 1 is 1.10 bits per heavy atom. The van der Waals surface area contributed by atoms with Gasteiger partial charge in [-0.05, 0) is 50.4 Å². The molecule has 4 aromatic rings. The van der Waals surface area contributed by atoms with E-state index >= 15 is 4.39 Å². The zero-order valence-corrected chi connectivity index (χ0v) is 17.4. The van der Waals surface area contributed by atoms with Gasteiger partial charge in [-0.2, -0.15) is 0 Å². The summed E-state index contributed by atoms with van der Waals surface area (Å²) < 4.78 is 30.8. The van der Waals surface area contributed by atoms with E-state index in [9.17, 15) is 4.39 Å². The largest absolute Gasteiger partial charge is 0.316 e. The Kier molecular flexibility index (Phi) is 4.94.